The molecule has 1 aliphatic heterocycles. The average molecular weight is 276 g/mol. The Morgan fingerprint density at radius 1 is 1.30 bits per heavy atom. The van der Waals surface area contributed by atoms with Gasteiger partial charge in [-0.15, -0.1) is 0 Å². The summed E-state index contributed by atoms with van der Waals surface area (Å²) >= 11 is 0. The summed E-state index contributed by atoms with van der Waals surface area (Å²) < 4.78 is 5.46. The van der Waals surface area contributed by atoms with Crippen molar-refractivity contribution < 1.29 is 9.53 Å². The molecule has 1 aromatic rings. The van der Waals surface area contributed by atoms with E-state index in [1.54, 1.807) is 0 Å². The highest BCUT2D eigenvalue weighted by atomic mass is 16.5. The van der Waals surface area contributed by atoms with Crippen molar-refractivity contribution in [3.8, 4) is 0 Å². The molecule has 0 bridgehead atoms. The fourth-order valence-electron chi connectivity index (χ4n) is 2.49. The van der Waals surface area contributed by atoms with Gasteiger partial charge in [0.1, 0.15) is 0 Å². The Kier molecular flexibility index (Phi) is 6.02. The van der Waals surface area contributed by atoms with Crippen molar-refractivity contribution >= 4 is 5.91 Å². The van der Waals surface area contributed by atoms with E-state index in [4.69, 9.17) is 4.74 Å². The Morgan fingerprint density at radius 2 is 2.00 bits per heavy atom. The first-order chi connectivity index (χ1) is 9.81. The van der Waals surface area contributed by atoms with Crippen LogP contribution in [0.5, 0.6) is 0 Å². The number of amides is 1. The second kappa shape index (κ2) is 8.02. The zero-order chi connectivity index (χ0) is 14.2. The molecule has 1 aromatic carbocycles. The molecule has 2 rings (SSSR count). The van der Waals surface area contributed by atoms with E-state index in [1.165, 1.54) is 0 Å². The summed E-state index contributed by atoms with van der Waals surface area (Å²) in [5, 5.41) is 6.34. The number of nitrogens with one attached hydrogen (secondary N) is 2. The van der Waals surface area contributed by atoms with Gasteiger partial charge in [0, 0.05) is 19.1 Å². The summed E-state index contributed by atoms with van der Waals surface area (Å²) in [6.07, 6.45) is 1.87. The van der Waals surface area contributed by atoms with Crippen molar-refractivity contribution in [1.82, 2.24) is 10.6 Å². The van der Waals surface area contributed by atoms with E-state index in [9.17, 15) is 4.79 Å². The Morgan fingerprint density at radius 3 is 2.70 bits per heavy atom. The summed E-state index contributed by atoms with van der Waals surface area (Å²) in [6.45, 7) is 5.77. The number of ether oxygens (including phenoxy) is 1. The van der Waals surface area contributed by atoms with Crippen LogP contribution < -0.4 is 10.6 Å². The van der Waals surface area contributed by atoms with E-state index in [1.807, 2.05) is 19.1 Å². The molecule has 0 aromatic heterocycles. The maximum absolute atomic E-state index is 12.1. The quantitative estimate of drug-likeness (QED) is 0.833. The summed E-state index contributed by atoms with van der Waals surface area (Å²) in [7, 11) is 0. The lowest BCUT2D eigenvalue weighted by atomic mass is 9.97. The number of carbonyl (C=O) groups excluding carboxylic acids is 1. The number of hydrogen-bond donors (Lipinski definition) is 2. The Balaban J connectivity index is 1.87. The lowest BCUT2D eigenvalue weighted by Gasteiger charge is -2.22. The minimum absolute atomic E-state index is 0.162. The van der Waals surface area contributed by atoms with Crippen molar-refractivity contribution in [3.63, 3.8) is 0 Å². The van der Waals surface area contributed by atoms with Crippen LogP contribution in [0.25, 0.3) is 0 Å². The largest absolute Gasteiger partial charge is 0.377 e. The molecule has 0 aliphatic carbocycles. The Labute approximate surface area is 120 Å². The number of carbonyl (C=O) groups is 1. The zero-order valence-electron chi connectivity index (χ0n) is 12.2. The molecule has 110 valence electrons. The third-order valence-corrected chi connectivity index (χ3v) is 3.74. The normalized spacial score (nSPS) is 16.1. The zero-order valence-corrected chi connectivity index (χ0v) is 12.2. The van der Waals surface area contributed by atoms with Crippen molar-refractivity contribution in [1.29, 1.82) is 0 Å². The van der Waals surface area contributed by atoms with Gasteiger partial charge in [-0.05, 0) is 44.0 Å². The van der Waals surface area contributed by atoms with Crippen LogP contribution in [0, 0.1) is 5.92 Å². The maximum Gasteiger partial charge on any atom is 0.223 e. The smallest absolute Gasteiger partial charge is 0.223 e. The molecule has 1 aliphatic rings. The van der Waals surface area contributed by atoms with Crippen LogP contribution in [-0.4, -0.2) is 25.6 Å². The molecule has 1 amide bonds. The average Bonchev–Trinajstić information content (AvgIpc) is 2.52. The van der Waals surface area contributed by atoms with E-state index in [0.717, 1.165) is 37.1 Å². The van der Waals surface area contributed by atoms with Gasteiger partial charge in [0.25, 0.3) is 0 Å². The van der Waals surface area contributed by atoms with E-state index in [2.05, 4.69) is 22.8 Å². The number of hydrogen-bond acceptors (Lipinski definition) is 3. The fraction of sp³-hybridized carbons (Fsp3) is 0.562. The number of rotatable bonds is 6. The standard InChI is InChI=1S/C16H24N2O2/c1-2-20-12-15-6-4-3-5-14(15)11-18-16(19)13-7-9-17-10-8-13/h3-6,13,17H,2,7-12H2,1H3,(H,18,19). The van der Waals surface area contributed by atoms with Gasteiger partial charge in [-0.3, -0.25) is 4.79 Å². The number of benzene rings is 1. The van der Waals surface area contributed by atoms with Gasteiger partial charge in [-0.2, -0.15) is 0 Å². The van der Waals surface area contributed by atoms with Crippen molar-refractivity contribution in [2.75, 3.05) is 19.7 Å². The lowest BCUT2D eigenvalue weighted by molar-refractivity contribution is -0.125. The van der Waals surface area contributed by atoms with Crippen LogP contribution in [0.2, 0.25) is 0 Å². The second-order valence-electron chi connectivity index (χ2n) is 5.15. The fourth-order valence-corrected chi connectivity index (χ4v) is 2.49. The highest BCUT2D eigenvalue weighted by Crippen LogP contribution is 2.13. The molecular formula is C16H24N2O2. The topological polar surface area (TPSA) is 50.4 Å². The highest BCUT2D eigenvalue weighted by Gasteiger charge is 2.20. The summed E-state index contributed by atoms with van der Waals surface area (Å²) in [5.41, 5.74) is 2.29. The van der Waals surface area contributed by atoms with Gasteiger partial charge in [0.15, 0.2) is 0 Å². The Bertz CT molecular complexity index is 428. The minimum atomic E-state index is 0.162. The van der Waals surface area contributed by atoms with Crippen molar-refractivity contribution in [3.05, 3.63) is 35.4 Å². The predicted molar refractivity (Wildman–Crippen MR) is 79.2 cm³/mol. The molecule has 20 heavy (non-hydrogen) atoms. The summed E-state index contributed by atoms with van der Waals surface area (Å²) in [6, 6.07) is 8.12. The summed E-state index contributed by atoms with van der Waals surface area (Å²) in [4.78, 5) is 12.1. The molecule has 2 N–H and O–H groups in total. The molecule has 0 atom stereocenters. The third-order valence-electron chi connectivity index (χ3n) is 3.74. The predicted octanol–water partition coefficient (Wildman–Crippen LogP) is 1.84. The first kappa shape index (κ1) is 15.0. The van der Waals surface area contributed by atoms with E-state index >= 15 is 0 Å². The van der Waals surface area contributed by atoms with Crippen molar-refractivity contribution in [2.24, 2.45) is 5.92 Å². The van der Waals surface area contributed by atoms with Gasteiger partial charge < -0.3 is 15.4 Å². The van der Waals surface area contributed by atoms with Crippen LogP contribution in [0.4, 0.5) is 0 Å². The van der Waals surface area contributed by atoms with Crippen molar-refractivity contribution in [2.45, 2.75) is 32.9 Å². The molecule has 0 spiro atoms. The molecule has 4 nitrogen and oxygen atoms in total. The van der Waals surface area contributed by atoms with Gasteiger partial charge in [-0.25, -0.2) is 0 Å². The van der Waals surface area contributed by atoms with Crippen LogP contribution in [0.3, 0.4) is 0 Å². The van der Waals surface area contributed by atoms with Gasteiger partial charge >= 0.3 is 0 Å². The van der Waals surface area contributed by atoms with Crippen LogP contribution in [0.15, 0.2) is 24.3 Å². The monoisotopic (exact) mass is 276 g/mol. The molecule has 4 heteroatoms. The van der Waals surface area contributed by atoms with Gasteiger partial charge in [0.05, 0.1) is 6.61 Å². The van der Waals surface area contributed by atoms with E-state index in [-0.39, 0.29) is 11.8 Å². The Hall–Kier alpha value is -1.39. The number of piperidine rings is 1. The highest BCUT2D eigenvalue weighted by molar-refractivity contribution is 5.78. The lowest BCUT2D eigenvalue weighted by Crippen LogP contribution is -2.38. The van der Waals surface area contributed by atoms with Crippen LogP contribution in [0.1, 0.15) is 30.9 Å². The molecule has 1 fully saturated rings. The van der Waals surface area contributed by atoms with E-state index < -0.39 is 0 Å². The third kappa shape index (κ3) is 4.32. The SMILES string of the molecule is CCOCc1ccccc1CNC(=O)C1CCNCC1. The van der Waals surface area contributed by atoms with Gasteiger partial charge in [-0.1, -0.05) is 24.3 Å². The molecule has 0 saturated carbocycles. The minimum Gasteiger partial charge on any atom is -0.377 e. The molecule has 0 unspecified atom stereocenters. The molecule has 1 saturated heterocycles. The maximum atomic E-state index is 12.1. The summed E-state index contributed by atoms with van der Waals surface area (Å²) in [5.74, 6) is 0.341. The first-order valence-corrected chi connectivity index (χ1v) is 7.44. The van der Waals surface area contributed by atoms with Crippen LogP contribution >= 0.6 is 0 Å². The second-order valence-corrected chi connectivity index (χ2v) is 5.15. The first-order valence-electron chi connectivity index (χ1n) is 7.44. The molecular weight excluding hydrogens is 252 g/mol. The van der Waals surface area contributed by atoms with Gasteiger partial charge in [0.2, 0.25) is 5.91 Å². The van der Waals surface area contributed by atoms with E-state index in [0.29, 0.717) is 19.8 Å². The molecule has 1 heterocycles. The van der Waals surface area contributed by atoms with Crippen LogP contribution in [-0.2, 0) is 22.7 Å². The molecule has 0 radical (unpaired) electrons.